The van der Waals surface area contributed by atoms with E-state index in [1.807, 2.05) is 36.4 Å². The highest BCUT2D eigenvalue weighted by atomic mass is 16.6. The molecule has 3 aromatic carbocycles. The summed E-state index contributed by atoms with van der Waals surface area (Å²) < 4.78 is 5.28. The van der Waals surface area contributed by atoms with Gasteiger partial charge in [0.05, 0.1) is 6.04 Å². The van der Waals surface area contributed by atoms with Crippen molar-refractivity contribution in [3.05, 3.63) is 101 Å². The molecule has 32 heavy (non-hydrogen) atoms. The van der Waals surface area contributed by atoms with Crippen molar-refractivity contribution in [1.82, 2.24) is 4.90 Å². The summed E-state index contributed by atoms with van der Waals surface area (Å²) in [6, 6.07) is 23.4. The molecule has 0 bridgehead atoms. The maximum atomic E-state index is 12.7. The number of rotatable bonds is 7. The first-order valence-corrected chi connectivity index (χ1v) is 10.3. The lowest BCUT2D eigenvalue weighted by Crippen LogP contribution is -2.34. The highest BCUT2D eigenvalue weighted by molar-refractivity contribution is 6.04. The number of ether oxygens (including phenoxy) is 1. The molecule has 162 valence electrons. The molecular formula is C25H23N3O4. The van der Waals surface area contributed by atoms with Gasteiger partial charge < -0.3 is 15.8 Å². The van der Waals surface area contributed by atoms with E-state index in [4.69, 9.17) is 10.5 Å². The predicted octanol–water partition coefficient (Wildman–Crippen LogP) is 3.60. The Labute approximate surface area is 185 Å². The third-order valence-electron chi connectivity index (χ3n) is 5.36. The van der Waals surface area contributed by atoms with Crippen LogP contribution in [0.1, 0.15) is 31.8 Å². The van der Waals surface area contributed by atoms with E-state index >= 15 is 0 Å². The molecule has 3 aromatic rings. The van der Waals surface area contributed by atoms with E-state index < -0.39 is 5.91 Å². The van der Waals surface area contributed by atoms with Gasteiger partial charge in [-0.05, 0) is 53.9 Å². The maximum absolute atomic E-state index is 12.7. The van der Waals surface area contributed by atoms with Gasteiger partial charge >= 0.3 is 6.09 Å². The first-order valence-electron chi connectivity index (χ1n) is 10.3. The Balaban J connectivity index is 1.44. The van der Waals surface area contributed by atoms with E-state index in [0.717, 1.165) is 11.1 Å². The average molecular weight is 429 g/mol. The van der Waals surface area contributed by atoms with Crippen molar-refractivity contribution in [2.75, 3.05) is 11.9 Å². The maximum Gasteiger partial charge on any atom is 0.410 e. The van der Waals surface area contributed by atoms with E-state index in [-0.39, 0.29) is 18.0 Å². The monoisotopic (exact) mass is 429 g/mol. The molecule has 1 atom stereocenters. The first-order chi connectivity index (χ1) is 15.5. The molecule has 1 saturated heterocycles. The van der Waals surface area contributed by atoms with E-state index in [9.17, 15) is 14.4 Å². The molecule has 0 aliphatic carbocycles. The van der Waals surface area contributed by atoms with E-state index in [1.165, 1.54) is 0 Å². The molecule has 1 aliphatic heterocycles. The number of hydrogen-bond acceptors (Lipinski definition) is 4. The molecule has 3 amide bonds. The molecule has 0 aromatic heterocycles. The fraction of sp³-hybridized carbons (Fsp3) is 0.160. The molecule has 1 aliphatic rings. The van der Waals surface area contributed by atoms with E-state index in [1.54, 1.807) is 47.4 Å². The van der Waals surface area contributed by atoms with Crippen LogP contribution in [0.2, 0.25) is 0 Å². The molecule has 0 spiro atoms. The van der Waals surface area contributed by atoms with Crippen LogP contribution in [-0.4, -0.2) is 35.5 Å². The molecule has 0 radical (unpaired) electrons. The fourth-order valence-electron chi connectivity index (χ4n) is 3.67. The summed E-state index contributed by atoms with van der Waals surface area (Å²) in [5, 5.41) is 2.80. The summed E-state index contributed by atoms with van der Waals surface area (Å²) >= 11 is 0. The van der Waals surface area contributed by atoms with Crippen LogP contribution in [0.15, 0.2) is 78.9 Å². The molecule has 1 unspecified atom stereocenters. The third kappa shape index (κ3) is 4.95. The Hall–Kier alpha value is -4.13. The number of carbonyl (C=O) groups is 3. The van der Waals surface area contributed by atoms with Crippen LogP contribution >= 0.6 is 0 Å². The van der Waals surface area contributed by atoms with Crippen LogP contribution in [0.25, 0.3) is 0 Å². The van der Waals surface area contributed by atoms with Crippen LogP contribution in [0, 0.1) is 0 Å². The summed E-state index contributed by atoms with van der Waals surface area (Å²) in [4.78, 5) is 37.9. The molecule has 1 fully saturated rings. The van der Waals surface area contributed by atoms with Crippen molar-refractivity contribution in [2.24, 2.45) is 5.73 Å². The summed E-state index contributed by atoms with van der Waals surface area (Å²) in [6.07, 6.45) is 0.351. The summed E-state index contributed by atoms with van der Waals surface area (Å²) in [7, 11) is 0. The van der Waals surface area contributed by atoms with Crippen LogP contribution in [-0.2, 0) is 17.7 Å². The number of nitrogens with two attached hydrogens (primary N) is 1. The number of hydrogen-bond donors (Lipinski definition) is 2. The summed E-state index contributed by atoms with van der Waals surface area (Å²) in [5.41, 5.74) is 8.59. The standard InChI is InChI=1S/C25H23N3O4/c26-23(29)19-9-11-21(12-10-19)27-24(30)20-8-4-7-18(13-20)15-28-22(16-32-25(28)31)14-17-5-2-1-3-6-17/h1-13,22H,14-16H2,(H2,26,29)(H,27,30). The molecule has 7 nitrogen and oxygen atoms in total. The van der Waals surface area contributed by atoms with E-state index in [2.05, 4.69) is 5.32 Å². The van der Waals surface area contributed by atoms with Gasteiger partial charge in [0.25, 0.3) is 5.91 Å². The molecule has 7 heteroatoms. The van der Waals surface area contributed by atoms with Gasteiger partial charge in [0, 0.05) is 23.4 Å². The van der Waals surface area contributed by atoms with E-state index in [0.29, 0.717) is 36.4 Å². The van der Waals surface area contributed by atoms with Gasteiger partial charge in [-0.3, -0.25) is 14.5 Å². The summed E-state index contributed by atoms with van der Waals surface area (Å²) in [5.74, 6) is -0.815. The number of cyclic esters (lactones) is 1. The number of benzene rings is 3. The Morgan fingerprint density at radius 1 is 0.938 bits per heavy atom. The summed E-state index contributed by atoms with van der Waals surface area (Å²) in [6.45, 7) is 0.694. The Morgan fingerprint density at radius 2 is 1.66 bits per heavy atom. The second kappa shape index (κ2) is 9.34. The lowest BCUT2D eigenvalue weighted by molar-refractivity contribution is 0.0998. The van der Waals surface area contributed by atoms with Gasteiger partial charge in [0.15, 0.2) is 0 Å². The number of anilines is 1. The van der Waals surface area contributed by atoms with Gasteiger partial charge in [0.1, 0.15) is 6.61 Å². The van der Waals surface area contributed by atoms with Crippen molar-refractivity contribution in [3.8, 4) is 0 Å². The Bertz CT molecular complexity index is 1130. The van der Waals surface area contributed by atoms with Crippen molar-refractivity contribution >= 4 is 23.6 Å². The van der Waals surface area contributed by atoms with Crippen molar-refractivity contribution in [3.63, 3.8) is 0 Å². The smallest absolute Gasteiger partial charge is 0.410 e. The number of carbonyl (C=O) groups excluding carboxylic acids is 3. The third-order valence-corrected chi connectivity index (χ3v) is 5.36. The van der Waals surface area contributed by atoms with Crippen LogP contribution in [0.3, 0.4) is 0 Å². The number of nitrogens with zero attached hydrogens (tertiary/aromatic N) is 1. The molecule has 4 rings (SSSR count). The molecule has 3 N–H and O–H groups in total. The normalized spacial score (nSPS) is 15.3. The van der Waals surface area contributed by atoms with Crippen molar-refractivity contribution in [1.29, 1.82) is 0 Å². The van der Waals surface area contributed by atoms with Gasteiger partial charge in [0.2, 0.25) is 5.91 Å². The Kier molecular flexibility index (Phi) is 6.17. The lowest BCUT2D eigenvalue weighted by Gasteiger charge is -2.22. The zero-order chi connectivity index (χ0) is 22.5. The lowest BCUT2D eigenvalue weighted by atomic mass is 10.0. The van der Waals surface area contributed by atoms with Crippen LogP contribution in [0.4, 0.5) is 10.5 Å². The second-order valence-corrected chi connectivity index (χ2v) is 7.64. The Morgan fingerprint density at radius 3 is 2.38 bits per heavy atom. The average Bonchev–Trinajstić information content (AvgIpc) is 3.14. The number of nitrogens with one attached hydrogen (secondary N) is 1. The largest absolute Gasteiger partial charge is 0.447 e. The van der Waals surface area contributed by atoms with Gasteiger partial charge in [-0.15, -0.1) is 0 Å². The van der Waals surface area contributed by atoms with Gasteiger partial charge in [-0.1, -0.05) is 42.5 Å². The van der Waals surface area contributed by atoms with Gasteiger partial charge in [-0.25, -0.2) is 4.79 Å². The minimum Gasteiger partial charge on any atom is -0.447 e. The number of primary amides is 1. The quantitative estimate of drug-likeness (QED) is 0.599. The van der Waals surface area contributed by atoms with Crippen LogP contribution < -0.4 is 11.1 Å². The zero-order valence-corrected chi connectivity index (χ0v) is 17.4. The first kappa shape index (κ1) is 21.1. The van der Waals surface area contributed by atoms with Crippen molar-refractivity contribution < 1.29 is 19.1 Å². The fourth-order valence-corrected chi connectivity index (χ4v) is 3.67. The van der Waals surface area contributed by atoms with Gasteiger partial charge in [-0.2, -0.15) is 0 Å². The predicted molar refractivity (Wildman–Crippen MR) is 120 cm³/mol. The molecule has 0 saturated carbocycles. The zero-order valence-electron chi connectivity index (χ0n) is 17.4. The molecular weight excluding hydrogens is 406 g/mol. The molecule has 1 heterocycles. The minimum atomic E-state index is -0.526. The number of amides is 3. The minimum absolute atomic E-state index is 0.0637. The SMILES string of the molecule is NC(=O)c1ccc(NC(=O)c2cccc(CN3C(=O)OCC3Cc3ccccc3)c2)cc1. The second-order valence-electron chi connectivity index (χ2n) is 7.64. The van der Waals surface area contributed by atoms with Crippen molar-refractivity contribution in [2.45, 2.75) is 19.0 Å². The highest BCUT2D eigenvalue weighted by Gasteiger charge is 2.32. The highest BCUT2D eigenvalue weighted by Crippen LogP contribution is 2.21. The topological polar surface area (TPSA) is 102 Å². The van der Waals surface area contributed by atoms with Crippen LogP contribution in [0.5, 0.6) is 0 Å².